The minimum absolute atomic E-state index is 0.189. The van der Waals surface area contributed by atoms with Crippen LogP contribution in [0.15, 0.2) is 42.5 Å². The molecule has 0 radical (unpaired) electrons. The molecule has 1 aliphatic heterocycles. The number of halogens is 2. The van der Waals surface area contributed by atoms with Crippen molar-refractivity contribution in [3.05, 3.63) is 65.2 Å². The van der Waals surface area contributed by atoms with E-state index in [0.717, 1.165) is 11.8 Å². The van der Waals surface area contributed by atoms with E-state index in [-0.39, 0.29) is 31.1 Å². The lowest BCUT2D eigenvalue weighted by Crippen LogP contribution is -2.52. The fourth-order valence-corrected chi connectivity index (χ4v) is 2.74. The van der Waals surface area contributed by atoms with Gasteiger partial charge in [-0.3, -0.25) is 9.59 Å². The quantitative estimate of drug-likeness (QED) is 0.849. The van der Waals surface area contributed by atoms with Crippen LogP contribution in [0.1, 0.15) is 15.9 Å². The van der Waals surface area contributed by atoms with E-state index >= 15 is 0 Å². The molecule has 3 rings (SSSR count). The topological polar surface area (TPSA) is 40.6 Å². The van der Waals surface area contributed by atoms with Gasteiger partial charge in [-0.2, -0.15) is 0 Å². The number of benzene rings is 2. The molecule has 0 saturated carbocycles. The van der Waals surface area contributed by atoms with Crippen molar-refractivity contribution < 1.29 is 18.4 Å². The smallest absolute Gasteiger partial charge is 0.260 e. The largest absolute Gasteiger partial charge is 0.327 e. The molecule has 0 N–H and O–H groups in total. The van der Waals surface area contributed by atoms with Gasteiger partial charge in [0.1, 0.15) is 23.7 Å². The van der Waals surface area contributed by atoms with E-state index in [2.05, 4.69) is 0 Å². The SMILES string of the molecule is Cc1ccc(F)c(C(=O)N2CCN(c3ccccc3)C(=O)C2)c1F. The molecule has 2 amide bonds. The average molecular weight is 330 g/mol. The Labute approximate surface area is 138 Å². The molecule has 0 bridgehead atoms. The molecule has 124 valence electrons. The van der Waals surface area contributed by atoms with Crippen LogP contribution in [0.2, 0.25) is 0 Å². The van der Waals surface area contributed by atoms with Crippen molar-refractivity contribution in [3.63, 3.8) is 0 Å². The second-order valence-corrected chi connectivity index (χ2v) is 5.66. The number of piperazine rings is 1. The Kier molecular flexibility index (Phi) is 4.29. The highest BCUT2D eigenvalue weighted by atomic mass is 19.1. The Hall–Kier alpha value is -2.76. The van der Waals surface area contributed by atoms with Crippen LogP contribution in [0.3, 0.4) is 0 Å². The third-order valence-corrected chi connectivity index (χ3v) is 4.07. The molecule has 0 aliphatic carbocycles. The molecule has 6 heteroatoms. The molecule has 1 saturated heterocycles. The maximum atomic E-state index is 14.1. The summed E-state index contributed by atoms with van der Waals surface area (Å²) in [6.45, 7) is 1.75. The normalized spacial score (nSPS) is 14.9. The Morgan fingerprint density at radius 3 is 2.42 bits per heavy atom. The first-order chi connectivity index (χ1) is 11.5. The standard InChI is InChI=1S/C18H16F2N2O2/c1-12-7-8-14(19)16(17(12)20)18(24)21-9-10-22(15(23)11-21)13-5-3-2-4-6-13/h2-8H,9-11H2,1H3. The van der Waals surface area contributed by atoms with Crippen molar-refractivity contribution in [2.45, 2.75) is 6.92 Å². The Morgan fingerprint density at radius 2 is 1.75 bits per heavy atom. The maximum Gasteiger partial charge on any atom is 0.260 e. The summed E-state index contributed by atoms with van der Waals surface area (Å²) >= 11 is 0. The zero-order valence-electron chi connectivity index (χ0n) is 13.1. The van der Waals surface area contributed by atoms with E-state index in [9.17, 15) is 18.4 Å². The fourth-order valence-electron chi connectivity index (χ4n) is 2.74. The van der Waals surface area contributed by atoms with Gasteiger partial charge in [-0.25, -0.2) is 8.78 Å². The predicted molar refractivity (Wildman–Crippen MR) is 85.8 cm³/mol. The summed E-state index contributed by atoms with van der Waals surface area (Å²) < 4.78 is 28.0. The Bertz CT molecular complexity index is 793. The summed E-state index contributed by atoms with van der Waals surface area (Å²) in [4.78, 5) is 27.5. The lowest BCUT2D eigenvalue weighted by Gasteiger charge is -2.34. The second kappa shape index (κ2) is 6.39. The van der Waals surface area contributed by atoms with E-state index in [4.69, 9.17) is 0 Å². The number of nitrogens with zero attached hydrogens (tertiary/aromatic N) is 2. The van der Waals surface area contributed by atoms with E-state index in [1.54, 1.807) is 17.0 Å². The van der Waals surface area contributed by atoms with E-state index in [1.165, 1.54) is 17.9 Å². The highest BCUT2D eigenvalue weighted by Gasteiger charge is 2.31. The first kappa shape index (κ1) is 16.1. The molecule has 2 aromatic rings. The molecular formula is C18H16F2N2O2. The fraction of sp³-hybridized carbons (Fsp3) is 0.222. The molecule has 0 atom stereocenters. The molecule has 0 unspecified atom stereocenters. The summed E-state index contributed by atoms with van der Waals surface area (Å²) in [5.41, 5.74) is 0.326. The molecule has 4 nitrogen and oxygen atoms in total. The van der Waals surface area contributed by atoms with Gasteiger partial charge in [-0.15, -0.1) is 0 Å². The van der Waals surface area contributed by atoms with E-state index in [1.807, 2.05) is 18.2 Å². The minimum Gasteiger partial charge on any atom is -0.327 e. The van der Waals surface area contributed by atoms with Crippen molar-refractivity contribution in [3.8, 4) is 0 Å². The number of para-hydroxylation sites is 1. The number of hydrogen-bond acceptors (Lipinski definition) is 2. The predicted octanol–water partition coefficient (Wildman–Crippen LogP) is 2.76. The molecule has 1 heterocycles. The number of rotatable bonds is 2. The highest BCUT2D eigenvalue weighted by molar-refractivity contribution is 6.02. The average Bonchev–Trinajstić information content (AvgIpc) is 2.59. The number of amides is 2. The van der Waals surface area contributed by atoms with Crippen LogP contribution in [-0.4, -0.2) is 36.3 Å². The molecule has 0 spiro atoms. The van der Waals surface area contributed by atoms with Gasteiger partial charge < -0.3 is 9.80 Å². The lowest BCUT2D eigenvalue weighted by atomic mass is 10.1. The van der Waals surface area contributed by atoms with Crippen LogP contribution in [0.25, 0.3) is 0 Å². The van der Waals surface area contributed by atoms with Crippen LogP contribution < -0.4 is 4.90 Å². The minimum atomic E-state index is -0.916. The lowest BCUT2D eigenvalue weighted by molar-refractivity contribution is -0.120. The summed E-state index contributed by atoms with van der Waals surface area (Å²) in [5, 5.41) is 0. The van der Waals surface area contributed by atoms with E-state index in [0.29, 0.717) is 0 Å². The maximum absolute atomic E-state index is 14.1. The second-order valence-electron chi connectivity index (χ2n) is 5.66. The van der Waals surface area contributed by atoms with Crippen LogP contribution in [0.4, 0.5) is 14.5 Å². The van der Waals surface area contributed by atoms with Crippen molar-refractivity contribution >= 4 is 17.5 Å². The number of hydrogen-bond donors (Lipinski definition) is 0. The summed E-state index contributed by atoms with van der Waals surface area (Å²) in [5.74, 6) is -2.87. The summed E-state index contributed by atoms with van der Waals surface area (Å²) in [6, 6.07) is 11.4. The van der Waals surface area contributed by atoms with Crippen molar-refractivity contribution in [2.75, 3.05) is 24.5 Å². The Balaban J connectivity index is 1.80. The first-order valence-corrected chi connectivity index (χ1v) is 7.58. The van der Waals surface area contributed by atoms with Gasteiger partial charge in [-0.05, 0) is 30.7 Å². The van der Waals surface area contributed by atoms with E-state index < -0.39 is 23.1 Å². The van der Waals surface area contributed by atoms with Gasteiger partial charge in [0, 0.05) is 18.8 Å². The molecule has 1 aliphatic rings. The molecule has 24 heavy (non-hydrogen) atoms. The Morgan fingerprint density at radius 1 is 1.04 bits per heavy atom. The highest BCUT2D eigenvalue weighted by Crippen LogP contribution is 2.21. The first-order valence-electron chi connectivity index (χ1n) is 7.58. The van der Waals surface area contributed by atoms with Gasteiger partial charge in [0.15, 0.2) is 0 Å². The number of anilines is 1. The third kappa shape index (κ3) is 2.87. The molecule has 1 fully saturated rings. The zero-order valence-corrected chi connectivity index (χ0v) is 13.1. The number of carbonyl (C=O) groups excluding carboxylic acids is 2. The summed E-state index contributed by atoms with van der Waals surface area (Å²) in [7, 11) is 0. The third-order valence-electron chi connectivity index (χ3n) is 4.07. The van der Waals surface area contributed by atoms with Gasteiger partial charge in [0.25, 0.3) is 5.91 Å². The van der Waals surface area contributed by atoms with Crippen molar-refractivity contribution in [1.82, 2.24) is 4.90 Å². The molecule has 0 aromatic heterocycles. The molecular weight excluding hydrogens is 314 g/mol. The van der Waals surface area contributed by atoms with Gasteiger partial charge >= 0.3 is 0 Å². The van der Waals surface area contributed by atoms with Gasteiger partial charge in [0.05, 0.1) is 0 Å². The summed E-state index contributed by atoms with van der Waals surface area (Å²) in [6.07, 6.45) is 0. The zero-order chi connectivity index (χ0) is 17.3. The number of carbonyl (C=O) groups is 2. The van der Waals surface area contributed by atoms with Gasteiger partial charge in [0.2, 0.25) is 5.91 Å². The number of aryl methyl sites for hydroxylation is 1. The monoisotopic (exact) mass is 330 g/mol. The van der Waals surface area contributed by atoms with Crippen molar-refractivity contribution in [1.29, 1.82) is 0 Å². The molecule has 2 aromatic carbocycles. The van der Waals surface area contributed by atoms with Crippen LogP contribution in [0.5, 0.6) is 0 Å². The van der Waals surface area contributed by atoms with Gasteiger partial charge in [-0.1, -0.05) is 24.3 Å². The van der Waals surface area contributed by atoms with Crippen molar-refractivity contribution in [2.24, 2.45) is 0 Å². The van der Waals surface area contributed by atoms with Crippen LogP contribution >= 0.6 is 0 Å². The van der Waals surface area contributed by atoms with Crippen LogP contribution in [0, 0.1) is 18.6 Å². The van der Waals surface area contributed by atoms with Crippen LogP contribution in [-0.2, 0) is 4.79 Å².